The van der Waals surface area contributed by atoms with Crippen LogP contribution in [0.3, 0.4) is 0 Å². The molecule has 4 atom stereocenters. The minimum atomic E-state index is -4.91. The minimum Gasteiger partial charge on any atom is -0.453 e. The number of rotatable bonds is 5. The smallest absolute Gasteiger partial charge is 0.416 e. The SMILES string of the molecule is COC(=O)N(CC1CC(C(F)(F)F)CC(C(F)(F)F)C1)[C@H]1C[C@@H](C2CC2)N(C(=O)OC(C)C)c2ccc(C(F)(F)F)cc21. The lowest BCUT2D eigenvalue weighted by atomic mass is 9.74. The molecule has 4 rings (SSSR count). The van der Waals surface area contributed by atoms with Crippen molar-refractivity contribution in [2.75, 3.05) is 18.6 Å². The summed E-state index contributed by atoms with van der Waals surface area (Å²) >= 11 is 0. The summed E-state index contributed by atoms with van der Waals surface area (Å²) < 4.78 is 134. The Morgan fingerprint density at radius 2 is 1.51 bits per heavy atom. The molecule has 0 N–H and O–H groups in total. The molecule has 2 saturated carbocycles. The van der Waals surface area contributed by atoms with E-state index in [1.807, 2.05) is 0 Å². The van der Waals surface area contributed by atoms with Crippen LogP contribution >= 0.6 is 0 Å². The van der Waals surface area contributed by atoms with Crippen molar-refractivity contribution in [1.29, 1.82) is 0 Å². The second-order valence-electron chi connectivity index (χ2n) is 11.9. The monoisotopic (exact) mass is 632 g/mol. The van der Waals surface area contributed by atoms with E-state index in [2.05, 4.69) is 0 Å². The zero-order chi connectivity index (χ0) is 32.1. The van der Waals surface area contributed by atoms with Crippen LogP contribution < -0.4 is 4.90 Å². The first-order valence-electron chi connectivity index (χ1n) is 14.0. The van der Waals surface area contributed by atoms with Crippen LogP contribution in [0.4, 0.5) is 54.8 Å². The van der Waals surface area contributed by atoms with Gasteiger partial charge in [-0.2, -0.15) is 39.5 Å². The van der Waals surface area contributed by atoms with E-state index in [4.69, 9.17) is 9.47 Å². The third-order valence-corrected chi connectivity index (χ3v) is 8.44. The molecule has 1 aromatic carbocycles. The quantitative estimate of drug-likeness (QED) is 0.306. The molecule has 0 saturated heterocycles. The molecule has 2 unspecified atom stereocenters. The highest BCUT2D eigenvalue weighted by Crippen LogP contribution is 2.52. The molecule has 0 aromatic heterocycles. The van der Waals surface area contributed by atoms with Crippen LogP contribution in [0.2, 0.25) is 0 Å². The van der Waals surface area contributed by atoms with Crippen molar-refractivity contribution in [3.05, 3.63) is 29.3 Å². The van der Waals surface area contributed by atoms with E-state index in [0.717, 1.165) is 30.2 Å². The van der Waals surface area contributed by atoms with Crippen LogP contribution in [0.5, 0.6) is 0 Å². The zero-order valence-electron chi connectivity index (χ0n) is 23.7. The molecule has 1 heterocycles. The van der Waals surface area contributed by atoms with E-state index >= 15 is 0 Å². The average Bonchev–Trinajstić information content (AvgIpc) is 3.73. The van der Waals surface area contributed by atoms with Gasteiger partial charge < -0.3 is 14.4 Å². The standard InChI is InChI=1S/C28H33F9N2O4/c1-14(2)43-25(41)39-21-7-6-17(26(29,30)31)11-20(21)23(12-22(39)16-4-5-16)38(24(40)42-3)13-15-8-18(27(32,33)34)10-19(9-15)28(35,36)37/h6-7,11,14-16,18-19,22-23H,4-5,8-10,12-13H2,1-3H3/t15?,18?,19?,22-,23-/m0/s1. The number of carbonyl (C=O) groups is 2. The fourth-order valence-electron chi connectivity index (χ4n) is 6.37. The molecule has 0 spiro atoms. The van der Waals surface area contributed by atoms with E-state index in [1.54, 1.807) is 13.8 Å². The van der Waals surface area contributed by atoms with Gasteiger partial charge in [0.15, 0.2) is 0 Å². The summed E-state index contributed by atoms with van der Waals surface area (Å²) in [5, 5.41) is 0. The number of fused-ring (bicyclic) bond motifs is 1. The van der Waals surface area contributed by atoms with Crippen LogP contribution in [-0.2, 0) is 15.7 Å². The maximum Gasteiger partial charge on any atom is 0.416 e. The van der Waals surface area contributed by atoms with E-state index in [-0.39, 0.29) is 23.6 Å². The largest absolute Gasteiger partial charge is 0.453 e. The van der Waals surface area contributed by atoms with Crippen LogP contribution in [0.15, 0.2) is 18.2 Å². The Kier molecular flexibility index (Phi) is 9.14. The fourth-order valence-corrected chi connectivity index (χ4v) is 6.37. The Morgan fingerprint density at radius 3 is 1.98 bits per heavy atom. The topological polar surface area (TPSA) is 59.1 Å². The van der Waals surface area contributed by atoms with Gasteiger partial charge in [-0.15, -0.1) is 0 Å². The van der Waals surface area contributed by atoms with Gasteiger partial charge in [0.05, 0.1) is 42.3 Å². The molecule has 15 heteroatoms. The molecule has 1 aromatic rings. The number of methoxy groups -OCH3 is 1. The molecular formula is C28H33F9N2O4. The fraction of sp³-hybridized carbons (Fsp3) is 0.714. The molecule has 2 amide bonds. The second-order valence-corrected chi connectivity index (χ2v) is 11.9. The van der Waals surface area contributed by atoms with Crippen LogP contribution in [0.1, 0.15) is 69.5 Å². The van der Waals surface area contributed by atoms with Crippen molar-refractivity contribution < 1.29 is 58.6 Å². The third-order valence-electron chi connectivity index (χ3n) is 8.44. The van der Waals surface area contributed by atoms with Crippen LogP contribution in [-0.4, -0.2) is 55.2 Å². The normalized spacial score (nSPS) is 26.6. The molecule has 0 bridgehead atoms. The number of anilines is 1. The predicted molar refractivity (Wildman–Crippen MR) is 135 cm³/mol. The number of ether oxygens (including phenoxy) is 2. The van der Waals surface area contributed by atoms with Gasteiger partial charge in [0.25, 0.3) is 0 Å². The first-order valence-corrected chi connectivity index (χ1v) is 14.0. The van der Waals surface area contributed by atoms with Crippen molar-refractivity contribution in [1.82, 2.24) is 4.90 Å². The molecule has 6 nitrogen and oxygen atoms in total. The van der Waals surface area contributed by atoms with Gasteiger partial charge in [0, 0.05) is 12.6 Å². The van der Waals surface area contributed by atoms with E-state index < -0.39 is 98.0 Å². The summed E-state index contributed by atoms with van der Waals surface area (Å²) in [6, 6.07) is 0.731. The van der Waals surface area contributed by atoms with Gasteiger partial charge in [-0.1, -0.05) is 0 Å². The number of amides is 2. The highest BCUT2D eigenvalue weighted by molar-refractivity contribution is 5.91. The first-order chi connectivity index (χ1) is 19.8. The number of hydrogen-bond acceptors (Lipinski definition) is 4. The second kappa shape index (κ2) is 11.9. The molecule has 242 valence electrons. The van der Waals surface area contributed by atoms with Crippen molar-refractivity contribution in [3.63, 3.8) is 0 Å². The van der Waals surface area contributed by atoms with Crippen LogP contribution in [0, 0.1) is 23.7 Å². The van der Waals surface area contributed by atoms with Gasteiger partial charge in [-0.25, -0.2) is 9.59 Å². The maximum absolute atomic E-state index is 13.8. The number of nitrogens with zero attached hydrogens (tertiary/aromatic N) is 2. The zero-order valence-corrected chi connectivity index (χ0v) is 23.7. The van der Waals surface area contributed by atoms with E-state index in [9.17, 15) is 49.1 Å². The minimum absolute atomic E-state index is 0.0192. The maximum atomic E-state index is 13.8. The summed E-state index contributed by atoms with van der Waals surface area (Å²) in [5.41, 5.74) is -1.21. The van der Waals surface area contributed by atoms with E-state index in [1.165, 1.54) is 4.90 Å². The summed E-state index contributed by atoms with van der Waals surface area (Å²) in [4.78, 5) is 28.5. The lowest BCUT2D eigenvalue weighted by molar-refractivity contribution is -0.229. The van der Waals surface area contributed by atoms with Gasteiger partial charge in [-0.3, -0.25) is 4.90 Å². The van der Waals surface area contributed by atoms with E-state index in [0.29, 0.717) is 12.8 Å². The number of carbonyl (C=O) groups excluding carboxylic acids is 2. The summed E-state index contributed by atoms with van der Waals surface area (Å²) in [6.45, 7) is 2.58. The molecule has 1 aliphatic heterocycles. The summed E-state index contributed by atoms with van der Waals surface area (Å²) in [7, 11) is 0.966. The van der Waals surface area contributed by atoms with Gasteiger partial charge >= 0.3 is 30.7 Å². The molecule has 3 aliphatic rings. The van der Waals surface area contributed by atoms with Crippen molar-refractivity contribution in [3.8, 4) is 0 Å². The molecular weight excluding hydrogens is 599 g/mol. The molecule has 2 fully saturated rings. The van der Waals surface area contributed by atoms with Crippen molar-refractivity contribution >= 4 is 17.9 Å². The summed E-state index contributed by atoms with van der Waals surface area (Å²) in [6.07, 6.45) is -18.4. The first kappa shape index (κ1) is 33.0. The lowest BCUT2D eigenvalue weighted by Crippen LogP contribution is -2.51. The molecule has 2 aliphatic carbocycles. The predicted octanol–water partition coefficient (Wildman–Crippen LogP) is 8.51. The number of alkyl halides is 9. The van der Waals surface area contributed by atoms with Gasteiger partial charge in [-0.05, 0) is 88.0 Å². The third kappa shape index (κ3) is 7.44. The average molecular weight is 633 g/mol. The van der Waals surface area contributed by atoms with Gasteiger partial charge in [0.1, 0.15) is 0 Å². The number of benzene rings is 1. The Labute approximate surface area is 242 Å². The Balaban J connectivity index is 1.79. The molecule has 43 heavy (non-hydrogen) atoms. The summed E-state index contributed by atoms with van der Waals surface area (Å²) in [5.74, 6) is -5.92. The Morgan fingerprint density at radius 1 is 0.930 bits per heavy atom. The Bertz CT molecular complexity index is 1160. The van der Waals surface area contributed by atoms with Gasteiger partial charge in [0.2, 0.25) is 0 Å². The molecule has 0 radical (unpaired) electrons. The lowest BCUT2D eigenvalue weighted by Gasteiger charge is -2.46. The Hall–Kier alpha value is -2.87. The number of halogens is 9. The van der Waals surface area contributed by atoms with Crippen molar-refractivity contribution in [2.24, 2.45) is 23.7 Å². The van der Waals surface area contributed by atoms with Crippen molar-refractivity contribution in [2.45, 2.75) is 89.1 Å². The highest BCUT2D eigenvalue weighted by atomic mass is 19.4. The van der Waals surface area contributed by atoms with Crippen LogP contribution in [0.25, 0.3) is 0 Å². The highest BCUT2D eigenvalue weighted by Gasteiger charge is 2.53. The number of hydrogen-bond donors (Lipinski definition) is 0.